The standard InChI is InChI=1S/C22H24N6O2S/c1-22(2,3)17-10-19(30-27-17)24-18(29)12-31-21-26-25-20(28(21)13-8-9-13)15-11-23-16-7-5-4-6-14(15)16/h4-7,10-11,13,23H,8-9,12H2,1-3H3,(H,24,29). The third-order valence-corrected chi connectivity index (χ3v) is 6.22. The van der Waals surface area contributed by atoms with Crippen molar-refractivity contribution in [2.75, 3.05) is 11.1 Å². The summed E-state index contributed by atoms with van der Waals surface area (Å²) in [6.07, 6.45) is 4.17. The molecule has 2 N–H and O–H groups in total. The number of carbonyl (C=O) groups excluding carboxylic acids is 1. The van der Waals surface area contributed by atoms with Gasteiger partial charge in [0.05, 0.1) is 11.4 Å². The maximum absolute atomic E-state index is 12.5. The highest BCUT2D eigenvalue weighted by atomic mass is 32.2. The van der Waals surface area contributed by atoms with Gasteiger partial charge in [-0.3, -0.25) is 14.7 Å². The molecule has 1 aliphatic rings. The molecule has 3 aromatic heterocycles. The number of thioether (sulfide) groups is 1. The predicted octanol–water partition coefficient (Wildman–Crippen LogP) is 4.78. The van der Waals surface area contributed by atoms with Crippen molar-refractivity contribution in [3.63, 3.8) is 0 Å². The van der Waals surface area contributed by atoms with Crippen LogP contribution in [0.4, 0.5) is 5.88 Å². The first kappa shape index (κ1) is 19.9. The van der Waals surface area contributed by atoms with Crippen LogP contribution in [-0.2, 0) is 10.2 Å². The smallest absolute Gasteiger partial charge is 0.237 e. The van der Waals surface area contributed by atoms with Crippen molar-refractivity contribution < 1.29 is 9.32 Å². The number of hydrogen-bond donors (Lipinski definition) is 2. The fourth-order valence-corrected chi connectivity index (χ4v) is 4.27. The molecule has 0 bridgehead atoms. The minimum absolute atomic E-state index is 0.138. The topological polar surface area (TPSA) is 102 Å². The Hall–Kier alpha value is -3.07. The number of aromatic nitrogens is 5. The van der Waals surface area contributed by atoms with Gasteiger partial charge in [0.2, 0.25) is 11.8 Å². The molecule has 1 amide bonds. The van der Waals surface area contributed by atoms with Gasteiger partial charge >= 0.3 is 0 Å². The van der Waals surface area contributed by atoms with Crippen LogP contribution in [0, 0.1) is 0 Å². The quantitative estimate of drug-likeness (QED) is 0.422. The van der Waals surface area contributed by atoms with Crippen LogP contribution in [0.5, 0.6) is 0 Å². The summed E-state index contributed by atoms with van der Waals surface area (Å²) in [6, 6.07) is 10.3. The number of nitrogens with one attached hydrogen (secondary N) is 2. The van der Waals surface area contributed by atoms with E-state index in [1.165, 1.54) is 11.8 Å². The first-order valence-corrected chi connectivity index (χ1v) is 11.3. The zero-order valence-electron chi connectivity index (χ0n) is 17.7. The second-order valence-electron chi connectivity index (χ2n) is 8.82. The van der Waals surface area contributed by atoms with Crippen LogP contribution in [0.2, 0.25) is 0 Å². The number of H-pyrrole nitrogens is 1. The van der Waals surface area contributed by atoms with E-state index in [0.717, 1.165) is 46.0 Å². The number of fused-ring (bicyclic) bond motifs is 1. The van der Waals surface area contributed by atoms with Crippen molar-refractivity contribution in [2.24, 2.45) is 0 Å². The molecule has 0 unspecified atom stereocenters. The Morgan fingerprint density at radius 1 is 1.29 bits per heavy atom. The zero-order chi connectivity index (χ0) is 21.6. The number of anilines is 1. The molecule has 0 saturated heterocycles. The van der Waals surface area contributed by atoms with Crippen LogP contribution in [-0.4, -0.2) is 36.6 Å². The third-order valence-electron chi connectivity index (χ3n) is 5.28. The molecule has 4 aromatic rings. The number of carbonyl (C=O) groups is 1. The minimum Gasteiger partial charge on any atom is -0.360 e. The monoisotopic (exact) mass is 436 g/mol. The molecule has 3 heterocycles. The Labute approximate surface area is 183 Å². The molecule has 8 nitrogen and oxygen atoms in total. The maximum Gasteiger partial charge on any atom is 0.237 e. The normalized spacial score (nSPS) is 14.3. The zero-order valence-corrected chi connectivity index (χ0v) is 18.5. The summed E-state index contributed by atoms with van der Waals surface area (Å²) < 4.78 is 7.42. The van der Waals surface area contributed by atoms with Gasteiger partial charge in [-0.15, -0.1) is 10.2 Å². The van der Waals surface area contributed by atoms with E-state index in [0.29, 0.717) is 11.9 Å². The van der Waals surface area contributed by atoms with Crippen molar-refractivity contribution in [3.8, 4) is 11.4 Å². The Morgan fingerprint density at radius 3 is 2.84 bits per heavy atom. The van der Waals surface area contributed by atoms with Crippen LogP contribution in [0.15, 0.2) is 46.2 Å². The fraction of sp³-hybridized carbons (Fsp3) is 0.364. The van der Waals surface area contributed by atoms with Gasteiger partial charge in [0.1, 0.15) is 0 Å². The summed E-state index contributed by atoms with van der Waals surface area (Å²) in [4.78, 5) is 15.8. The summed E-state index contributed by atoms with van der Waals surface area (Å²) in [5.74, 6) is 1.25. The summed E-state index contributed by atoms with van der Waals surface area (Å²) in [6.45, 7) is 6.13. The third kappa shape index (κ3) is 3.97. The lowest BCUT2D eigenvalue weighted by Crippen LogP contribution is -2.14. The second kappa shape index (κ2) is 7.56. The van der Waals surface area contributed by atoms with E-state index in [1.54, 1.807) is 6.07 Å². The van der Waals surface area contributed by atoms with Crippen LogP contribution in [0.25, 0.3) is 22.3 Å². The number of hydrogen-bond acceptors (Lipinski definition) is 6. The average molecular weight is 437 g/mol. The maximum atomic E-state index is 12.5. The molecular formula is C22H24N6O2S. The molecule has 1 aliphatic carbocycles. The van der Waals surface area contributed by atoms with Crippen molar-refractivity contribution in [2.45, 2.75) is 50.2 Å². The molecule has 0 aliphatic heterocycles. The van der Waals surface area contributed by atoms with Crippen molar-refractivity contribution in [3.05, 3.63) is 42.2 Å². The summed E-state index contributed by atoms with van der Waals surface area (Å²) in [7, 11) is 0. The molecule has 31 heavy (non-hydrogen) atoms. The first-order valence-electron chi connectivity index (χ1n) is 10.3. The van der Waals surface area contributed by atoms with Crippen LogP contribution >= 0.6 is 11.8 Å². The van der Waals surface area contributed by atoms with Gasteiger partial charge in [-0.1, -0.05) is 55.9 Å². The van der Waals surface area contributed by atoms with E-state index in [9.17, 15) is 4.79 Å². The molecule has 1 saturated carbocycles. The van der Waals surface area contributed by atoms with Crippen molar-refractivity contribution in [1.29, 1.82) is 0 Å². The van der Waals surface area contributed by atoms with Gasteiger partial charge in [-0.05, 0) is 18.9 Å². The number of para-hydroxylation sites is 1. The molecule has 160 valence electrons. The SMILES string of the molecule is CC(C)(C)c1cc(NC(=O)CSc2nnc(-c3c[nH]c4ccccc34)n2C2CC2)on1. The molecule has 0 atom stereocenters. The lowest BCUT2D eigenvalue weighted by molar-refractivity contribution is -0.113. The summed E-state index contributed by atoms with van der Waals surface area (Å²) in [5, 5.41) is 17.6. The average Bonchev–Trinajstić information content (AvgIpc) is 3.14. The molecule has 1 aromatic carbocycles. The van der Waals surface area contributed by atoms with Crippen molar-refractivity contribution >= 4 is 34.5 Å². The molecule has 5 rings (SSSR count). The van der Waals surface area contributed by atoms with Crippen LogP contribution in [0.3, 0.4) is 0 Å². The molecular weight excluding hydrogens is 412 g/mol. The summed E-state index contributed by atoms with van der Waals surface area (Å²) in [5.41, 5.74) is 2.76. The van der Waals surface area contributed by atoms with E-state index in [4.69, 9.17) is 4.52 Å². The Balaban J connectivity index is 1.32. The highest BCUT2D eigenvalue weighted by molar-refractivity contribution is 7.99. The molecule has 0 radical (unpaired) electrons. The Bertz CT molecular complexity index is 1240. The van der Waals surface area contributed by atoms with Crippen molar-refractivity contribution in [1.82, 2.24) is 24.9 Å². The minimum atomic E-state index is -0.166. The van der Waals surface area contributed by atoms with Gasteiger partial charge in [0.15, 0.2) is 11.0 Å². The van der Waals surface area contributed by atoms with Gasteiger partial charge < -0.3 is 9.51 Å². The van der Waals surface area contributed by atoms with Gasteiger partial charge in [0.25, 0.3) is 0 Å². The number of amides is 1. The van der Waals surface area contributed by atoms with Gasteiger partial charge in [-0.25, -0.2) is 0 Å². The van der Waals surface area contributed by atoms with Crippen LogP contribution in [0.1, 0.15) is 45.3 Å². The molecule has 1 fully saturated rings. The highest BCUT2D eigenvalue weighted by Crippen LogP contribution is 2.42. The van der Waals surface area contributed by atoms with E-state index < -0.39 is 0 Å². The first-order chi connectivity index (χ1) is 14.9. The highest BCUT2D eigenvalue weighted by Gasteiger charge is 2.31. The van der Waals surface area contributed by atoms with E-state index in [2.05, 4.69) is 36.3 Å². The summed E-state index contributed by atoms with van der Waals surface area (Å²) >= 11 is 1.38. The number of aromatic amines is 1. The number of nitrogens with zero attached hydrogens (tertiary/aromatic N) is 4. The Kier molecular flexibility index (Phi) is 4.85. The lowest BCUT2D eigenvalue weighted by Gasteiger charge is -2.12. The van der Waals surface area contributed by atoms with Crippen LogP contribution < -0.4 is 5.32 Å². The lowest BCUT2D eigenvalue weighted by atomic mass is 9.92. The second-order valence-corrected chi connectivity index (χ2v) is 9.76. The fourth-order valence-electron chi connectivity index (χ4n) is 3.47. The largest absolute Gasteiger partial charge is 0.360 e. The van der Waals surface area contributed by atoms with Gasteiger partial charge in [-0.2, -0.15) is 0 Å². The van der Waals surface area contributed by atoms with Gasteiger partial charge in [0, 0.05) is 40.2 Å². The molecule has 9 heteroatoms. The van der Waals surface area contributed by atoms with E-state index >= 15 is 0 Å². The number of benzene rings is 1. The van der Waals surface area contributed by atoms with E-state index in [1.807, 2.05) is 45.2 Å². The van der Waals surface area contributed by atoms with E-state index in [-0.39, 0.29) is 17.1 Å². The number of rotatable bonds is 6. The predicted molar refractivity (Wildman–Crippen MR) is 120 cm³/mol. The molecule has 0 spiro atoms. The Morgan fingerprint density at radius 2 is 2.10 bits per heavy atom.